The summed E-state index contributed by atoms with van der Waals surface area (Å²) >= 11 is 0. The Bertz CT molecular complexity index is 1230. The van der Waals surface area contributed by atoms with Gasteiger partial charge in [0, 0.05) is 24.1 Å². The standard InChI is InChI=1S/C23H15F4N3O3/c24-16-6-4-15(5-7-16)19-20(29-17-2-1-3-18(12-17)33-23(25,26)27)22(32)30(21(19)31)13-14-8-10-28-11-9-14/h1-12,29H,13H2. The summed E-state index contributed by atoms with van der Waals surface area (Å²) in [5.41, 5.74) is 0.837. The highest BCUT2D eigenvalue weighted by Crippen LogP contribution is 2.33. The number of rotatable bonds is 6. The maximum absolute atomic E-state index is 13.4. The van der Waals surface area contributed by atoms with Crippen molar-refractivity contribution >= 4 is 23.1 Å². The summed E-state index contributed by atoms with van der Waals surface area (Å²) in [5, 5.41) is 2.74. The number of anilines is 1. The van der Waals surface area contributed by atoms with Crippen molar-refractivity contribution in [1.82, 2.24) is 9.88 Å². The molecule has 0 fully saturated rings. The number of nitrogens with one attached hydrogen (secondary N) is 1. The first-order chi connectivity index (χ1) is 15.7. The number of carbonyl (C=O) groups is 2. The molecule has 3 aromatic rings. The van der Waals surface area contributed by atoms with Crippen LogP contribution >= 0.6 is 0 Å². The second-order valence-electron chi connectivity index (χ2n) is 7.01. The second-order valence-corrected chi connectivity index (χ2v) is 7.01. The minimum Gasteiger partial charge on any atom is -0.406 e. The molecule has 1 N–H and O–H groups in total. The number of carbonyl (C=O) groups excluding carboxylic acids is 2. The molecule has 0 atom stereocenters. The van der Waals surface area contributed by atoms with Crippen molar-refractivity contribution in [3.05, 3.63) is 95.7 Å². The fourth-order valence-corrected chi connectivity index (χ4v) is 3.31. The quantitative estimate of drug-likeness (QED) is 0.436. The first-order valence-electron chi connectivity index (χ1n) is 9.59. The van der Waals surface area contributed by atoms with Gasteiger partial charge in [-0.1, -0.05) is 18.2 Å². The van der Waals surface area contributed by atoms with E-state index in [0.29, 0.717) is 5.56 Å². The van der Waals surface area contributed by atoms with Gasteiger partial charge in [0.1, 0.15) is 17.3 Å². The Morgan fingerprint density at radius 2 is 1.64 bits per heavy atom. The number of benzene rings is 2. The average molecular weight is 457 g/mol. The summed E-state index contributed by atoms with van der Waals surface area (Å²) in [6.45, 7) is -0.0483. The number of amides is 2. The molecule has 0 radical (unpaired) electrons. The minimum atomic E-state index is -4.89. The van der Waals surface area contributed by atoms with E-state index in [9.17, 15) is 27.2 Å². The lowest BCUT2D eigenvalue weighted by molar-refractivity contribution is -0.274. The van der Waals surface area contributed by atoms with Crippen molar-refractivity contribution in [1.29, 1.82) is 0 Å². The Labute approximate surface area is 185 Å². The summed E-state index contributed by atoms with van der Waals surface area (Å²) in [6, 6.07) is 13.1. The SMILES string of the molecule is O=C1C(Nc2cccc(OC(F)(F)F)c2)=C(c2ccc(F)cc2)C(=O)N1Cc1ccncc1. The molecular formula is C23H15F4N3O3. The minimum absolute atomic E-state index is 0.0313. The molecule has 168 valence electrons. The molecule has 0 saturated heterocycles. The van der Waals surface area contributed by atoms with Gasteiger partial charge in [-0.25, -0.2) is 4.39 Å². The van der Waals surface area contributed by atoms with Crippen LogP contribution in [0.1, 0.15) is 11.1 Å². The van der Waals surface area contributed by atoms with E-state index in [-0.39, 0.29) is 29.1 Å². The number of halogens is 4. The van der Waals surface area contributed by atoms with E-state index >= 15 is 0 Å². The van der Waals surface area contributed by atoms with Gasteiger partial charge >= 0.3 is 6.36 Å². The molecule has 2 aromatic carbocycles. The third-order valence-electron chi connectivity index (χ3n) is 4.73. The summed E-state index contributed by atoms with van der Waals surface area (Å²) < 4.78 is 55.1. The Morgan fingerprint density at radius 1 is 0.939 bits per heavy atom. The van der Waals surface area contributed by atoms with Gasteiger partial charge in [0.2, 0.25) is 0 Å². The van der Waals surface area contributed by atoms with Crippen molar-refractivity contribution in [2.75, 3.05) is 5.32 Å². The molecule has 1 aliphatic heterocycles. The van der Waals surface area contributed by atoms with E-state index < -0.39 is 29.7 Å². The lowest BCUT2D eigenvalue weighted by atomic mass is 10.0. The number of aromatic nitrogens is 1. The van der Waals surface area contributed by atoms with Gasteiger partial charge in [0.25, 0.3) is 11.8 Å². The van der Waals surface area contributed by atoms with E-state index in [1.807, 2.05) is 0 Å². The number of alkyl halides is 3. The molecule has 0 spiro atoms. The second kappa shape index (κ2) is 8.73. The van der Waals surface area contributed by atoms with Gasteiger partial charge in [-0.3, -0.25) is 19.5 Å². The molecule has 0 unspecified atom stereocenters. The van der Waals surface area contributed by atoms with Gasteiger partial charge < -0.3 is 10.1 Å². The first-order valence-corrected chi connectivity index (χ1v) is 9.59. The summed E-state index contributed by atoms with van der Waals surface area (Å²) in [7, 11) is 0. The molecule has 0 bridgehead atoms. The summed E-state index contributed by atoms with van der Waals surface area (Å²) in [6.07, 6.45) is -1.86. The molecule has 1 aromatic heterocycles. The van der Waals surface area contributed by atoms with Crippen molar-refractivity contribution < 1.29 is 31.9 Å². The van der Waals surface area contributed by atoms with Crippen LogP contribution in [-0.4, -0.2) is 28.1 Å². The van der Waals surface area contributed by atoms with E-state index in [4.69, 9.17) is 0 Å². The third kappa shape index (κ3) is 5.00. The van der Waals surface area contributed by atoms with Crippen LogP contribution in [-0.2, 0) is 16.1 Å². The number of ether oxygens (including phenoxy) is 1. The topological polar surface area (TPSA) is 71.5 Å². The first kappa shape index (κ1) is 22.0. The third-order valence-corrected chi connectivity index (χ3v) is 4.73. The molecule has 2 heterocycles. The fraction of sp³-hybridized carbons (Fsp3) is 0.0870. The Morgan fingerprint density at radius 3 is 2.30 bits per heavy atom. The zero-order chi connectivity index (χ0) is 23.6. The lowest BCUT2D eigenvalue weighted by Gasteiger charge is -2.15. The summed E-state index contributed by atoms with van der Waals surface area (Å²) in [5.74, 6) is -2.34. The maximum atomic E-state index is 13.4. The van der Waals surface area contributed by atoms with Crippen molar-refractivity contribution in [2.24, 2.45) is 0 Å². The fourth-order valence-electron chi connectivity index (χ4n) is 3.31. The highest BCUT2D eigenvalue weighted by atomic mass is 19.4. The number of pyridine rings is 1. The predicted octanol–water partition coefficient (Wildman–Crippen LogP) is 4.51. The number of imide groups is 1. The smallest absolute Gasteiger partial charge is 0.406 e. The highest BCUT2D eigenvalue weighted by Gasteiger charge is 2.39. The van der Waals surface area contributed by atoms with Gasteiger partial charge in [-0.2, -0.15) is 0 Å². The van der Waals surface area contributed by atoms with Gasteiger partial charge in [-0.15, -0.1) is 13.2 Å². The van der Waals surface area contributed by atoms with E-state index in [1.165, 1.54) is 36.7 Å². The molecule has 33 heavy (non-hydrogen) atoms. The average Bonchev–Trinajstić information content (AvgIpc) is 2.98. The van der Waals surface area contributed by atoms with Crippen LogP contribution in [0, 0.1) is 5.82 Å². The van der Waals surface area contributed by atoms with E-state index in [1.54, 1.807) is 12.1 Å². The van der Waals surface area contributed by atoms with Crippen molar-refractivity contribution in [3.8, 4) is 5.75 Å². The zero-order valence-corrected chi connectivity index (χ0v) is 16.8. The van der Waals surface area contributed by atoms with Crippen LogP contribution < -0.4 is 10.1 Å². The van der Waals surface area contributed by atoms with Crippen LogP contribution in [0.4, 0.5) is 23.2 Å². The number of hydrogen-bond donors (Lipinski definition) is 1. The summed E-state index contributed by atoms with van der Waals surface area (Å²) in [4.78, 5) is 31.2. The highest BCUT2D eigenvalue weighted by molar-refractivity contribution is 6.36. The van der Waals surface area contributed by atoms with Crippen LogP contribution in [0.2, 0.25) is 0 Å². The number of nitrogens with zero attached hydrogens (tertiary/aromatic N) is 2. The monoisotopic (exact) mass is 457 g/mol. The van der Waals surface area contributed by atoms with E-state index in [2.05, 4.69) is 15.0 Å². The Kier molecular flexibility index (Phi) is 5.82. The molecule has 6 nitrogen and oxygen atoms in total. The Balaban J connectivity index is 1.71. The van der Waals surface area contributed by atoms with Crippen LogP contribution in [0.25, 0.3) is 5.57 Å². The largest absolute Gasteiger partial charge is 0.573 e. The zero-order valence-electron chi connectivity index (χ0n) is 16.8. The molecule has 10 heteroatoms. The van der Waals surface area contributed by atoms with Gasteiger partial charge in [-0.05, 0) is 47.5 Å². The van der Waals surface area contributed by atoms with Crippen LogP contribution in [0.5, 0.6) is 5.75 Å². The van der Waals surface area contributed by atoms with Gasteiger partial charge in [0.05, 0.1) is 12.1 Å². The molecule has 2 amide bonds. The Hall–Kier alpha value is -4.21. The molecule has 0 aliphatic carbocycles. The van der Waals surface area contributed by atoms with Crippen LogP contribution in [0.3, 0.4) is 0 Å². The number of hydrogen-bond acceptors (Lipinski definition) is 5. The van der Waals surface area contributed by atoms with Crippen LogP contribution in [0.15, 0.2) is 78.8 Å². The lowest BCUT2D eigenvalue weighted by Crippen LogP contribution is -2.32. The van der Waals surface area contributed by atoms with Crippen molar-refractivity contribution in [2.45, 2.75) is 12.9 Å². The van der Waals surface area contributed by atoms with Crippen molar-refractivity contribution in [3.63, 3.8) is 0 Å². The van der Waals surface area contributed by atoms with Gasteiger partial charge in [0.15, 0.2) is 0 Å². The molecule has 1 aliphatic rings. The normalized spacial score (nSPS) is 14.1. The molecular weight excluding hydrogens is 442 g/mol. The predicted molar refractivity (Wildman–Crippen MR) is 110 cm³/mol. The van der Waals surface area contributed by atoms with E-state index in [0.717, 1.165) is 29.2 Å². The molecule has 4 rings (SSSR count). The molecule has 0 saturated carbocycles. The maximum Gasteiger partial charge on any atom is 0.573 e.